The average Bonchev–Trinajstić information content (AvgIpc) is 2.70. The van der Waals surface area contributed by atoms with Crippen molar-refractivity contribution >= 4 is 0 Å². The first kappa shape index (κ1) is 20.6. The van der Waals surface area contributed by atoms with Crippen molar-refractivity contribution in [3.63, 3.8) is 0 Å². The van der Waals surface area contributed by atoms with Crippen LogP contribution in [-0.2, 0) is 0 Å². The van der Waals surface area contributed by atoms with Crippen molar-refractivity contribution in [2.24, 2.45) is 11.5 Å². The summed E-state index contributed by atoms with van der Waals surface area (Å²) in [5.74, 6) is 0. The summed E-state index contributed by atoms with van der Waals surface area (Å²) in [5, 5.41) is 6.90. The van der Waals surface area contributed by atoms with Gasteiger partial charge in [0.25, 0.3) is 0 Å². The first-order valence-corrected chi connectivity index (χ1v) is 9.83. The Morgan fingerprint density at radius 3 is 1.92 bits per heavy atom. The van der Waals surface area contributed by atoms with Crippen molar-refractivity contribution in [2.75, 3.05) is 32.7 Å². The molecular weight excluding hydrogens is 320 g/mol. The topological polar surface area (TPSA) is 76.1 Å². The number of benzene rings is 2. The highest BCUT2D eigenvalue weighted by Crippen LogP contribution is 2.22. The first-order valence-electron chi connectivity index (χ1n) is 9.83. The lowest BCUT2D eigenvalue weighted by Crippen LogP contribution is -2.23. The molecule has 1 unspecified atom stereocenters. The highest BCUT2D eigenvalue weighted by Gasteiger charge is 2.06. The molecule has 0 spiro atoms. The minimum atomic E-state index is 0.0882. The lowest BCUT2D eigenvalue weighted by atomic mass is 10.00. The summed E-state index contributed by atoms with van der Waals surface area (Å²) in [5.41, 5.74) is 15.5. The molecule has 2 aromatic rings. The molecule has 2 rings (SSSR count). The van der Waals surface area contributed by atoms with Crippen LogP contribution in [0.25, 0.3) is 11.1 Å². The Labute approximate surface area is 158 Å². The zero-order chi connectivity index (χ0) is 18.5. The summed E-state index contributed by atoms with van der Waals surface area (Å²) in [4.78, 5) is 0. The van der Waals surface area contributed by atoms with Gasteiger partial charge in [0.05, 0.1) is 0 Å². The van der Waals surface area contributed by atoms with Gasteiger partial charge in [-0.25, -0.2) is 0 Å². The average molecular weight is 355 g/mol. The van der Waals surface area contributed by atoms with Crippen LogP contribution in [0.2, 0.25) is 0 Å². The lowest BCUT2D eigenvalue weighted by molar-refractivity contribution is 0.546. The number of nitrogens with one attached hydrogen (secondary N) is 2. The van der Waals surface area contributed by atoms with E-state index in [-0.39, 0.29) is 6.04 Å². The lowest BCUT2D eigenvalue weighted by Gasteiger charge is -2.13. The van der Waals surface area contributed by atoms with Crippen molar-refractivity contribution in [1.29, 1.82) is 0 Å². The fourth-order valence-corrected chi connectivity index (χ4v) is 2.95. The number of nitrogens with two attached hydrogens (primary N) is 2. The SMILES string of the molecule is NCCCNCCCCNCCC(N)c1ccc(-c2ccccc2)cc1. The Kier molecular flexibility index (Phi) is 9.98. The smallest absolute Gasteiger partial charge is 0.0307 e. The van der Waals surface area contributed by atoms with Gasteiger partial charge in [0, 0.05) is 6.04 Å². The summed E-state index contributed by atoms with van der Waals surface area (Å²) in [7, 11) is 0. The second-order valence-corrected chi connectivity index (χ2v) is 6.73. The maximum absolute atomic E-state index is 6.33. The first-order chi connectivity index (χ1) is 12.8. The molecule has 0 fully saturated rings. The van der Waals surface area contributed by atoms with Gasteiger partial charge < -0.3 is 22.1 Å². The molecule has 142 valence electrons. The molecule has 0 aromatic heterocycles. The number of rotatable bonds is 13. The van der Waals surface area contributed by atoms with E-state index in [0.717, 1.165) is 45.6 Å². The molecule has 0 saturated heterocycles. The van der Waals surface area contributed by atoms with Gasteiger partial charge in [0.2, 0.25) is 0 Å². The maximum atomic E-state index is 6.33. The van der Waals surface area contributed by atoms with E-state index in [1.807, 2.05) is 6.07 Å². The quantitative estimate of drug-likeness (QED) is 0.417. The molecule has 0 radical (unpaired) electrons. The van der Waals surface area contributed by atoms with Crippen LogP contribution in [0.5, 0.6) is 0 Å². The Morgan fingerprint density at radius 1 is 0.692 bits per heavy atom. The van der Waals surface area contributed by atoms with Crippen LogP contribution in [0, 0.1) is 0 Å². The van der Waals surface area contributed by atoms with Gasteiger partial charge in [0.15, 0.2) is 0 Å². The van der Waals surface area contributed by atoms with Crippen LogP contribution in [0.1, 0.15) is 37.3 Å². The molecule has 4 heteroatoms. The summed E-state index contributed by atoms with van der Waals surface area (Å²) < 4.78 is 0. The molecule has 26 heavy (non-hydrogen) atoms. The second kappa shape index (κ2) is 12.6. The van der Waals surface area contributed by atoms with E-state index >= 15 is 0 Å². The number of unbranched alkanes of at least 4 members (excludes halogenated alkanes) is 1. The van der Waals surface area contributed by atoms with E-state index in [0.29, 0.717) is 0 Å². The zero-order valence-electron chi connectivity index (χ0n) is 15.8. The predicted molar refractivity (Wildman–Crippen MR) is 112 cm³/mol. The van der Waals surface area contributed by atoms with Crippen LogP contribution < -0.4 is 22.1 Å². The van der Waals surface area contributed by atoms with Crippen LogP contribution in [0.4, 0.5) is 0 Å². The van der Waals surface area contributed by atoms with Crippen molar-refractivity contribution < 1.29 is 0 Å². The summed E-state index contributed by atoms with van der Waals surface area (Å²) >= 11 is 0. The third kappa shape index (κ3) is 7.67. The highest BCUT2D eigenvalue weighted by atomic mass is 14.9. The van der Waals surface area contributed by atoms with Gasteiger partial charge in [-0.2, -0.15) is 0 Å². The van der Waals surface area contributed by atoms with E-state index in [1.165, 1.54) is 29.5 Å². The molecule has 1 atom stereocenters. The molecule has 0 aliphatic carbocycles. The van der Waals surface area contributed by atoms with E-state index in [1.54, 1.807) is 0 Å². The molecule has 0 saturated carbocycles. The number of hydrogen-bond acceptors (Lipinski definition) is 4. The Hall–Kier alpha value is -1.72. The molecular formula is C22H34N4. The van der Waals surface area contributed by atoms with E-state index in [9.17, 15) is 0 Å². The van der Waals surface area contributed by atoms with Gasteiger partial charge in [0.1, 0.15) is 0 Å². The fraction of sp³-hybridized carbons (Fsp3) is 0.455. The Balaban J connectivity index is 1.59. The predicted octanol–water partition coefficient (Wildman–Crippen LogP) is 3.05. The van der Waals surface area contributed by atoms with Crippen LogP contribution in [0.15, 0.2) is 54.6 Å². The van der Waals surface area contributed by atoms with E-state index < -0.39 is 0 Å². The summed E-state index contributed by atoms with van der Waals surface area (Å²) in [6.45, 7) is 4.89. The molecule has 0 aliphatic heterocycles. The third-order valence-electron chi connectivity index (χ3n) is 4.59. The molecule has 0 bridgehead atoms. The van der Waals surface area contributed by atoms with Crippen LogP contribution >= 0.6 is 0 Å². The summed E-state index contributed by atoms with van der Waals surface area (Å²) in [6.07, 6.45) is 4.41. The van der Waals surface area contributed by atoms with Crippen molar-refractivity contribution in [1.82, 2.24) is 10.6 Å². The fourth-order valence-electron chi connectivity index (χ4n) is 2.95. The third-order valence-corrected chi connectivity index (χ3v) is 4.59. The monoisotopic (exact) mass is 354 g/mol. The summed E-state index contributed by atoms with van der Waals surface area (Å²) in [6, 6.07) is 19.2. The zero-order valence-corrected chi connectivity index (χ0v) is 15.8. The minimum absolute atomic E-state index is 0.0882. The molecule has 4 nitrogen and oxygen atoms in total. The normalized spacial score (nSPS) is 12.2. The Morgan fingerprint density at radius 2 is 1.27 bits per heavy atom. The van der Waals surface area contributed by atoms with E-state index in [4.69, 9.17) is 11.5 Å². The van der Waals surface area contributed by atoms with Crippen molar-refractivity contribution in [3.05, 3.63) is 60.2 Å². The largest absolute Gasteiger partial charge is 0.330 e. The van der Waals surface area contributed by atoms with Gasteiger partial charge in [-0.1, -0.05) is 54.6 Å². The molecule has 0 heterocycles. The van der Waals surface area contributed by atoms with E-state index in [2.05, 4.69) is 59.2 Å². The molecule has 6 N–H and O–H groups in total. The maximum Gasteiger partial charge on any atom is 0.0307 e. The standard InChI is InChI=1S/C22H34N4/c23-14-6-17-25-15-4-5-16-26-18-13-22(24)21-11-9-20(10-12-21)19-7-2-1-3-8-19/h1-3,7-12,22,25-26H,4-6,13-18,23-24H2. The minimum Gasteiger partial charge on any atom is -0.330 e. The Bertz CT molecular complexity index is 583. The van der Waals surface area contributed by atoms with Gasteiger partial charge >= 0.3 is 0 Å². The van der Waals surface area contributed by atoms with Gasteiger partial charge in [-0.3, -0.25) is 0 Å². The second-order valence-electron chi connectivity index (χ2n) is 6.73. The molecule has 0 amide bonds. The van der Waals surface area contributed by atoms with Crippen LogP contribution in [-0.4, -0.2) is 32.7 Å². The molecule has 0 aliphatic rings. The van der Waals surface area contributed by atoms with Crippen molar-refractivity contribution in [3.8, 4) is 11.1 Å². The van der Waals surface area contributed by atoms with Gasteiger partial charge in [-0.05, 0) is 75.1 Å². The highest BCUT2D eigenvalue weighted by molar-refractivity contribution is 5.63. The number of hydrogen-bond donors (Lipinski definition) is 4. The van der Waals surface area contributed by atoms with Crippen LogP contribution in [0.3, 0.4) is 0 Å². The molecule has 2 aromatic carbocycles. The van der Waals surface area contributed by atoms with Crippen molar-refractivity contribution in [2.45, 2.75) is 31.7 Å². The van der Waals surface area contributed by atoms with Gasteiger partial charge in [-0.15, -0.1) is 0 Å².